The molecule has 4 rings (SSSR count). The Balaban J connectivity index is 1.42. The minimum absolute atomic E-state index is 0.119. The highest BCUT2D eigenvalue weighted by atomic mass is 16.6. The number of nitrogens with zero attached hydrogens (tertiary/aromatic N) is 4. The largest absolute Gasteiger partial charge is 0.371 e. The van der Waals surface area contributed by atoms with Crippen molar-refractivity contribution in [3.05, 3.63) is 99.4 Å². The van der Waals surface area contributed by atoms with Crippen molar-refractivity contribution in [1.82, 2.24) is 14.8 Å². The van der Waals surface area contributed by atoms with Crippen LogP contribution in [0.1, 0.15) is 40.1 Å². The van der Waals surface area contributed by atoms with Crippen LogP contribution in [0.4, 0.5) is 11.4 Å². The molecular weight excluding hydrogens is 430 g/mol. The number of pyridine rings is 1. The van der Waals surface area contributed by atoms with E-state index in [4.69, 9.17) is 0 Å². The number of piperazine rings is 1. The molecule has 8 heteroatoms. The van der Waals surface area contributed by atoms with Gasteiger partial charge in [-0.05, 0) is 49.2 Å². The quantitative estimate of drug-likeness (QED) is 0.415. The number of amides is 1. The number of aromatic nitrogens is 1. The number of hydrogen-bond acceptors (Lipinski definition) is 6. The van der Waals surface area contributed by atoms with Gasteiger partial charge in [-0.1, -0.05) is 30.3 Å². The Kier molecular flexibility index (Phi) is 7.18. The van der Waals surface area contributed by atoms with Crippen LogP contribution in [0.5, 0.6) is 0 Å². The standard InChI is InChI=1S/C26H29N5O3/c1-19-7-3-4-8-22(19)18-29-13-15-30(16-14-29)26(32)21-10-11-24(25(17-21)31(33)34)28-20(2)23-9-5-6-12-27-23/h3-12,17,20,28H,13-16,18H2,1-2H3. The average Bonchev–Trinajstić information content (AvgIpc) is 2.86. The normalized spacial score (nSPS) is 15.1. The van der Waals surface area contributed by atoms with Crippen molar-refractivity contribution in [2.75, 3.05) is 31.5 Å². The van der Waals surface area contributed by atoms with Crippen molar-refractivity contribution < 1.29 is 9.72 Å². The van der Waals surface area contributed by atoms with Gasteiger partial charge >= 0.3 is 0 Å². The Bertz CT molecular complexity index is 1160. The molecule has 1 N–H and O–H groups in total. The van der Waals surface area contributed by atoms with Gasteiger partial charge in [-0.15, -0.1) is 0 Å². The number of hydrogen-bond donors (Lipinski definition) is 1. The second-order valence-corrected chi connectivity index (χ2v) is 8.60. The van der Waals surface area contributed by atoms with Crippen molar-refractivity contribution >= 4 is 17.3 Å². The van der Waals surface area contributed by atoms with Crippen LogP contribution in [0.25, 0.3) is 0 Å². The summed E-state index contributed by atoms with van der Waals surface area (Å²) in [5.74, 6) is -0.178. The molecule has 1 atom stereocenters. The molecule has 2 heterocycles. The smallest absolute Gasteiger partial charge is 0.293 e. The first-order valence-electron chi connectivity index (χ1n) is 11.4. The lowest BCUT2D eigenvalue weighted by atomic mass is 10.1. The maximum atomic E-state index is 13.1. The molecule has 1 aromatic heterocycles. The highest BCUT2D eigenvalue weighted by Crippen LogP contribution is 2.29. The third-order valence-electron chi connectivity index (χ3n) is 6.26. The lowest BCUT2D eigenvalue weighted by Crippen LogP contribution is -2.48. The van der Waals surface area contributed by atoms with E-state index in [0.717, 1.165) is 25.3 Å². The summed E-state index contributed by atoms with van der Waals surface area (Å²) in [6.07, 6.45) is 1.68. The van der Waals surface area contributed by atoms with Crippen LogP contribution < -0.4 is 5.32 Å². The van der Waals surface area contributed by atoms with E-state index in [1.807, 2.05) is 37.3 Å². The Hall–Kier alpha value is -3.78. The molecule has 0 aliphatic carbocycles. The lowest BCUT2D eigenvalue weighted by molar-refractivity contribution is -0.384. The molecule has 0 bridgehead atoms. The molecule has 34 heavy (non-hydrogen) atoms. The van der Waals surface area contributed by atoms with Crippen molar-refractivity contribution in [1.29, 1.82) is 0 Å². The van der Waals surface area contributed by atoms with Gasteiger partial charge < -0.3 is 10.2 Å². The molecule has 1 aliphatic heterocycles. The Morgan fingerprint density at radius 1 is 1.09 bits per heavy atom. The molecule has 0 saturated carbocycles. The van der Waals surface area contributed by atoms with E-state index in [2.05, 4.69) is 34.3 Å². The number of nitro groups is 1. The van der Waals surface area contributed by atoms with Crippen LogP contribution in [0, 0.1) is 17.0 Å². The van der Waals surface area contributed by atoms with E-state index in [1.165, 1.54) is 17.2 Å². The number of nitrogens with one attached hydrogen (secondary N) is 1. The Morgan fingerprint density at radius 2 is 1.82 bits per heavy atom. The van der Waals surface area contributed by atoms with E-state index in [0.29, 0.717) is 24.3 Å². The zero-order valence-electron chi connectivity index (χ0n) is 19.5. The fraction of sp³-hybridized carbons (Fsp3) is 0.308. The molecule has 0 spiro atoms. The summed E-state index contributed by atoms with van der Waals surface area (Å²) in [7, 11) is 0. The van der Waals surface area contributed by atoms with Crippen molar-refractivity contribution in [2.24, 2.45) is 0 Å². The minimum Gasteiger partial charge on any atom is -0.371 e. The summed E-state index contributed by atoms with van der Waals surface area (Å²) in [5.41, 5.74) is 3.91. The lowest BCUT2D eigenvalue weighted by Gasteiger charge is -2.35. The van der Waals surface area contributed by atoms with Crippen LogP contribution in [-0.4, -0.2) is 51.8 Å². The van der Waals surface area contributed by atoms with E-state index >= 15 is 0 Å². The van der Waals surface area contributed by atoms with Crippen LogP contribution >= 0.6 is 0 Å². The number of benzene rings is 2. The molecule has 2 aromatic carbocycles. The molecule has 1 amide bonds. The maximum Gasteiger partial charge on any atom is 0.293 e. The summed E-state index contributed by atoms with van der Waals surface area (Å²) in [6.45, 7) is 7.57. The summed E-state index contributed by atoms with van der Waals surface area (Å²) in [5, 5.41) is 14.9. The fourth-order valence-electron chi connectivity index (χ4n) is 4.20. The van der Waals surface area contributed by atoms with Gasteiger partial charge in [0.05, 0.1) is 16.7 Å². The fourth-order valence-corrected chi connectivity index (χ4v) is 4.20. The first kappa shape index (κ1) is 23.4. The second-order valence-electron chi connectivity index (χ2n) is 8.60. The maximum absolute atomic E-state index is 13.1. The third kappa shape index (κ3) is 5.40. The van der Waals surface area contributed by atoms with E-state index in [-0.39, 0.29) is 17.6 Å². The zero-order chi connectivity index (χ0) is 24.1. The van der Waals surface area contributed by atoms with Crippen LogP contribution in [0.2, 0.25) is 0 Å². The topological polar surface area (TPSA) is 91.6 Å². The first-order chi connectivity index (χ1) is 16.4. The van der Waals surface area contributed by atoms with E-state index < -0.39 is 4.92 Å². The van der Waals surface area contributed by atoms with Gasteiger partial charge in [-0.25, -0.2) is 0 Å². The van der Waals surface area contributed by atoms with Crippen LogP contribution in [0.3, 0.4) is 0 Å². The Labute approximate surface area is 199 Å². The van der Waals surface area contributed by atoms with Crippen LogP contribution in [0.15, 0.2) is 66.9 Å². The predicted molar refractivity (Wildman–Crippen MR) is 132 cm³/mol. The van der Waals surface area contributed by atoms with Gasteiger partial charge in [-0.2, -0.15) is 0 Å². The molecule has 176 valence electrons. The van der Waals surface area contributed by atoms with Crippen molar-refractivity contribution in [2.45, 2.75) is 26.4 Å². The summed E-state index contributed by atoms with van der Waals surface area (Å²) in [4.78, 5) is 32.8. The van der Waals surface area contributed by atoms with Gasteiger partial charge in [0.25, 0.3) is 11.6 Å². The third-order valence-corrected chi connectivity index (χ3v) is 6.26. The van der Waals surface area contributed by atoms with Gasteiger partial charge in [0.1, 0.15) is 5.69 Å². The van der Waals surface area contributed by atoms with Crippen molar-refractivity contribution in [3.8, 4) is 0 Å². The molecule has 1 unspecified atom stereocenters. The molecular formula is C26H29N5O3. The average molecular weight is 460 g/mol. The summed E-state index contributed by atoms with van der Waals surface area (Å²) in [6, 6.07) is 18.3. The van der Waals surface area contributed by atoms with Gasteiger partial charge in [0.2, 0.25) is 0 Å². The number of aryl methyl sites for hydroxylation is 1. The predicted octanol–water partition coefficient (Wildman–Crippen LogP) is 4.43. The highest BCUT2D eigenvalue weighted by molar-refractivity contribution is 5.95. The summed E-state index contributed by atoms with van der Waals surface area (Å²) >= 11 is 0. The van der Waals surface area contributed by atoms with E-state index in [1.54, 1.807) is 23.2 Å². The molecule has 1 saturated heterocycles. The number of nitro benzene ring substituents is 1. The number of anilines is 1. The first-order valence-corrected chi connectivity index (χ1v) is 11.4. The van der Waals surface area contributed by atoms with Crippen molar-refractivity contribution in [3.63, 3.8) is 0 Å². The van der Waals surface area contributed by atoms with E-state index in [9.17, 15) is 14.9 Å². The minimum atomic E-state index is -0.454. The highest BCUT2D eigenvalue weighted by Gasteiger charge is 2.25. The molecule has 8 nitrogen and oxygen atoms in total. The summed E-state index contributed by atoms with van der Waals surface area (Å²) < 4.78 is 0. The molecule has 0 radical (unpaired) electrons. The van der Waals surface area contributed by atoms with Crippen LogP contribution in [-0.2, 0) is 6.54 Å². The molecule has 1 fully saturated rings. The van der Waals surface area contributed by atoms with Gasteiger partial charge in [0, 0.05) is 50.6 Å². The van der Waals surface area contributed by atoms with Gasteiger partial charge in [-0.3, -0.25) is 24.8 Å². The second kappa shape index (κ2) is 10.4. The number of rotatable bonds is 7. The molecule has 1 aliphatic rings. The number of carbonyl (C=O) groups is 1. The number of carbonyl (C=O) groups excluding carboxylic acids is 1. The monoisotopic (exact) mass is 459 g/mol. The van der Waals surface area contributed by atoms with Gasteiger partial charge in [0.15, 0.2) is 0 Å². The SMILES string of the molecule is Cc1ccccc1CN1CCN(C(=O)c2ccc(NC(C)c3ccccn3)c([N+](=O)[O-])c2)CC1. The molecule has 3 aromatic rings. The zero-order valence-corrected chi connectivity index (χ0v) is 19.5. The Morgan fingerprint density at radius 3 is 2.50 bits per heavy atom.